The van der Waals surface area contributed by atoms with E-state index < -0.39 is 5.41 Å². The predicted octanol–water partition coefficient (Wildman–Crippen LogP) is 3.87. The van der Waals surface area contributed by atoms with E-state index in [0.29, 0.717) is 32.5 Å². The number of hydrogen-bond acceptors (Lipinski definition) is 4. The van der Waals surface area contributed by atoms with E-state index in [1.54, 1.807) is 7.11 Å². The van der Waals surface area contributed by atoms with Gasteiger partial charge in [0.15, 0.2) is 0 Å². The molecule has 132 valence electrons. The van der Waals surface area contributed by atoms with Crippen LogP contribution >= 0.6 is 0 Å². The lowest BCUT2D eigenvalue weighted by Gasteiger charge is -2.34. The van der Waals surface area contributed by atoms with Gasteiger partial charge >= 0.3 is 5.97 Å². The van der Waals surface area contributed by atoms with Gasteiger partial charge in [0.25, 0.3) is 0 Å². The summed E-state index contributed by atoms with van der Waals surface area (Å²) >= 11 is 0. The maximum absolute atomic E-state index is 12.4. The Labute approximate surface area is 148 Å². The topological polar surface area (TPSA) is 44.8 Å². The summed E-state index contributed by atoms with van der Waals surface area (Å²) in [5, 5.41) is 0. The average Bonchev–Trinajstić information content (AvgIpc) is 2.68. The van der Waals surface area contributed by atoms with Crippen LogP contribution in [-0.2, 0) is 20.7 Å². The van der Waals surface area contributed by atoms with Crippen LogP contribution in [0.15, 0.2) is 48.5 Å². The Morgan fingerprint density at radius 1 is 0.960 bits per heavy atom. The van der Waals surface area contributed by atoms with Crippen molar-refractivity contribution >= 4 is 5.97 Å². The highest BCUT2D eigenvalue weighted by Gasteiger charge is 2.41. The second-order valence-corrected chi connectivity index (χ2v) is 6.49. The fraction of sp³-hybridized carbons (Fsp3) is 0.381. The van der Waals surface area contributed by atoms with Gasteiger partial charge in [0.1, 0.15) is 5.75 Å². The predicted molar refractivity (Wildman–Crippen MR) is 96.6 cm³/mol. The molecule has 0 amide bonds. The summed E-state index contributed by atoms with van der Waals surface area (Å²) in [6.07, 6.45) is 2.10. The van der Waals surface area contributed by atoms with E-state index in [4.69, 9.17) is 14.2 Å². The second kappa shape index (κ2) is 7.70. The first kappa shape index (κ1) is 17.5. The van der Waals surface area contributed by atoms with Gasteiger partial charge in [-0.05, 0) is 48.1 Å². The first-order valence-electron chi connectivity index (χ1n) is 8.56. The monoisotopic (exact) mass is 340 g/mol. The molecule has 4 heteroatoms. The Hall–Kier alpha value is -2.33. The molecule has 0 saturated carbocycles. The van der Waals surface area contributed by atoms with Crippen LogP contribution < -0.4 is 4.74 Å². The van der Waals surface area contributed by atoms with Crippen LogP contribution in [0.4, 0.5) is 0 Å². The number of ether oxygens (including phenoxy) is 3. The number of rotatable bonds is 5. The fourth-order valence-corrected chi connectivity index (χ4v) is 3.42. The molecule has 3 rings (SSSR count). The molecule has 0 unspecified atom stereocenters. The van der Waals surface area contributed by atoms with Crippen molar-refractivity contribution < 1.29 is 19.0 Å². The van der Waals surface area contributed by atoms with E-state index in [2.05, 4.69) is 24.3 Å². The van der Waals surface area contributed by atoms with E-state index in [-0.39, 0.29) is 5.97 Å². The molecule has 4 nitrogen and oxygen atoms in total. The molecule has 0 N–H and O–H groups in total. The van der Waals surface area contributed by atoms with Crippen molar-refractivity contribution in [2.24, 2.45) is 5.41 Å². The Bertz CT molecular complexity index is 698. The van der Waals surface area contributed by atoms with Crippen LogP contribution in [0, 0.1) is 5.41 Å². The first-order valence-corrected chi connectivity index (χ1v) is 8.56. The largest absolute Gasteiger partial charge is 0.497 e. The minimum Gasteiger partial charge on any atom is -0.497 e. The maximum atomic E-state index is 12.4. The number of benzene rings is 2. The van der Waals surface area contributed by atoms with Gasteiger partial charge in [-0.2, -0.15) is 0 Å². The average molecular weight is 340 g/mol. The molecular weight excluding hydrogens is 316 g/mol. The second-order valence-electron chi connectivity index (χ2n) is 6.49. The molecule has 1 saturated heterocycles. The molecule has 1 heterocycles. The van der Waals surface area contributed by atoms with Crippen molar-refractivity contribution in [1.29, 1.82) is 0 Å². The third-order valence-electron chi connectivity index (χ3n) is 4.99. The molecule has 0 radical (unpaired) electrons. The molecule has 0 atom stereocenters. The normalized spacial score (nSPS) is 16.2. The van der Waals surface area contributed by atoms with Crippen molar-refractivity contribution in [3.8, 4) is 16.9 Å². The Balaban J connectivity index is 1.77. The molecule has 0 aliphatic carbocycles. The minimum absolute atomic E-state index is 0.130. The molecule has 2 aromatic carbocycles. The number of carbonyl (C=O) groups is 1. The van der Waals surface area contributed by atoms with E-state index in [0.717, 1.165) is 22.4 Å². The van der Waals surface area contributed by atoms with E-state index in [1.807, 2.05) is 24.3 Å². The summed E-state index contributed by atoms with van der Waals surface area (Å²) in [6, 6.07) is 16.4. The van der Waals surface area contributed by atoms with Gasteiger partial charge in [-0.1, -0.05) is 36.4 Å². The number of hydrogen-bond donors (Lipinski definition) is 0. The van der Waals surface area contributed by atoms with Gasteiger partial charge in [0.05, 0.1) is 19.6 Å². The quantitative estimate of drug-likeness (QED) is 0.775. The zero-order valence-corrected chi connectivity index (χ0v) is 14.8. The van der Waals surface area contributed by atoms with Gasteiger partial charge in [-0.25, -0.2) is 0 Å². The zero-order chi connectivity index (χ0) is 17.7. The third kappa shape index (κ3) is 3.85. The highest BCUT2D eigenvalue weighted by atomic mass is 16.5. The lowest BCUT2D eigenvalue weighted by Crippen LogP contribution is -2.40. The fourth-order valence-electron chi connectivity index (χ4n) is 3.42. The summed E-state index contributed by atoms with van der Waals surface area (Å²) in [4.78, 5) is 12.4. The molecule has 2 aromatic rings. The summed E-state index contributed by atoms with van der Waals surface area (Å²) in [6.45, 7) is 1.22. The zero-order valence-electron chi connectivity index (χ0n) is 14.8. The van der Waals surface area contributed by atoms with E-state index in [9.17, 15) is 4.79 Å². The lowest BCUT2D eigenvalue weighted by atomic mass is 9.75. The van der Waals surface area contributed by atoms with Crippen molar-refractivity contribution in [3.05, 3.63) is 54.1 Å². The maximum Gasteiger partial charge on any atom is 0.312 e. The summed E-state index contributed by atoms with van der Waals surface area (Å²) in [7, 11) is 3.13. The Morgan fingerprint density at radius 3 is 2.04 bits per heavy atom. The van der Waals surface area contributed by atoms with Crippen LogP contribution in [0.5, 0.6) is 5.75 Å². The smallest absolute Gasteiger partial charge is 0.312 e. The number of carbonyl (C=O) groups excluding carboxylic acids is 1. The van der Waals surface area contributed by atoms with Crippen LogP contribution in [0.3, 0.4) is 0 Å². The van der Waals surface area contributed by atoms with Crippen LogP contribution in [0.25, 0.3) is 11.1 Å². The standard InChI is InChI=1S/C21H24O4/c1-23-19-9-7-18(8-10-19)17-5-3-16(4-6-17)15-21(20(22)24-2)11-13-25-14-12-21/h3-10H,11-15H2,1-2H3. The lowest BCUT2D eigenvalue weighted by molar-refractivity contribution is -0.158. The van der Waals surface area contributed by atoms with Crippen molar-refractivity contribution in [3.63, 3.8) is 0 Å². The Kier molecular flexibility index (Phi) is 5.39. The van der Waals surface area contributed by atoms with Crippen molar-refractivity contribution in [2.75, 3.05) is 27.4 Å². The van der Waals surface area contributed by atoms with Crippen LogP contribution in [-0.4, -0.2) is 33.4 Å². The third-order valence-corrected chi connectivity index (χ3v) is 4.99. The summed E-state index contributed by atoms with van der Waals surface area (Å²) in [5.41, 5.74) is 2.96. The molecule has 1 aliphatic heterocycles. The number of esters is 1. The molecule has 1 fully saturated rings. The molecule has 0 bridgehead atoms. The Morgan fingerprint density at radius 2 is 1.52 bits per heavy atom. The molecular formula is C21H24O4. The minimum atomic E-state index is -0.464. The molecule has 1 aliphatic rings. The van der Waals surface area contributed by atoms with Gasteiger partial charge in [-0.3, -0.25) is 4.79 Å². The van der Waals surface area contributed by atoms with Gasteiger partial charge in [-0.15, -0.1) is 0 Å². The van der Waals surface area contributed by atoms with Gasteiger partial charge in [0, 0.05) is 13.2 Å². The van der Waals surface area contributed by atoms with Gasteiger partial charge in [0.2, 0.25) is 0 Å². The highest BCUT2D eigenvalue weighted by molar-refractivity contribution is 5.77. The van der Waals surface area contributed by atoms with E-state index in [1.165, 1.54) is 7.11 Å². The summed E-state index contributed by atoms with van der Waals surface area (Å²) in [5.74, 6) is 0.718. The van der Waals surface area contributed by atoms with Crippen LogP contribution in [0.1, 0.15) is 18.4 Å². The molecule has 0 spiro atoms. The molecule has 0 aromatic heterocycles. The number of methoxy groups -OCH3 is 2. The van der Waals surface area contributed by atoms with Crippen molar-refractivity contribution in [1.82, 2.24) is 0 Å². The van der Waals surface area contributed by atoms with E-state index >= 15 is 0 Å². The SMILES string of the molecule is COC(=O)C1(Cc2ccc(-c3ccc(OC)cc3)cc2)CCOCC1. The highest BCUT2D eigenvalue weighted by Crippen LogP contribution is 2.36. The van der Waals surface area contributed by atoms with Crippen molar-refractivity contribution in [2.45, 2.75) is 19.3 Å². The summed E-state index contributed by atoms with van der Waals surface area (Å²) < 4.78 is 15.7. The molecule has 25 heavy (non-hydrogen) atoms. The first-order chi connectivity index (χ1) is 12.2. The van der Waals surface area contributed by atoms with Crippen LogP contribution in [0.2, 0.25) is 0 Å². The van der Waals surface area contributed by atoms with Gasteiger partial charge < -0.3 is 14.2 Å².